The fourth-order valence-corrected chi connectivity index (χ4v) is 4.46. The molecule has 0 heterocycles. The monoisotopic (exact) mass is 497 g/mol. The number of hydrogen-bond acceptors (Lipinski definition) is 4. The van der Waals surface area contributed by atoms with Crippen molar-refractivity contribution in [2.45, 2.75) is 78.0 Å². The number of hydrogen-bond donors (Lipinski definition) is 2. The summed E-state index contributed by atoms with van der Waals surface area (Å²) < 4.78 is 26.9. The van der Waals surface area contributed by atoms with E-state index >= 15 is 4.39 Å². The topological polar surface area (TPSA) is 84.9 Å². The zero-order valence-corrected chi connectivity index (χ0v) is 21.7. The summed E-state index contributed by atoms with van der Waals surface area (Å²) in [5.74, 6) is -1.56. The number of amides is 1. The largest absolute Gasteiger partial charge is 0.481 e. The molecule has 6 nitrogen and oxygen atoms in total. The van der Waals surface area contributed by atoms with Crippen LogP contribution in [0.2, 0.25) is 0 Å². The van der Waals surface area contributed by atoms with Crippen molar-refractivity contribution in [2.24, 2.45) is 0 Å². The average Bonchev–Trinajstić information content (AvgIpc) is 3.57. The van der Waals surface area contributed by atoms with E-state index in [0.29, 0.717) is 18.8 Å². The quantitative estimate of drug-likeness (QED) is 0.281. The Morgan fingerprint density at radius 1 is 1.22 bits per heavy atom. The highest BCUT2D eigenvalue weighted by atomic mass is 19.1. The van der Waals surface area contributed by atoms with Crippen LogP contribution in [0.3, 0.4) is 0 Å². The number of alkyl carbamates (subject to hydrolysis) is 1. The van der Waals surface area contributed by atoms with Crippen LogP contribution in [0.5, 0.6) is 0 Å². The first kappa shape index (κ1) is 27.4. The summed E-state index contributed by atoms with van der Waals surface area (Å²) in [4.78, 5) is 24.2. The van der Waals surface area contributed by atoms with Crippen molar-refractivity contribution in [1.82, 2.24) is 5.32 Å². The van der Waals surface area contributed by atoms with E-state index in [1.54, 1.807) is 32.9 Å². The second-order valence-corrected chi connectivity index (χ2v) is 10.5. The third kappa shape index (κ3) is 7.17. The van der Waals surface area contributed by atoms with Gasteiger partial charge in [-0.15, -0.1) is 6.58 Å². The lowest BCUT2D eigenvalue weighted by Gasteiger charge is -2.25. The molecule has 2 aromatic carbocycles. The molecule has 194 valence electrons. The highest BCUT2D eigenvalue weighted by molar-refractivity contribution is 5.75. The van der Waals surface area contributed by atoms with Gasteiger partial charge in [-0.25, -0.2) is 9.18 Å². The molecule has 0 unspecified atom stereocenters. The van der Waals surface area contributed by atoms with E-state index in [0.717, 1.165) is 40.7 Å². The van der Waals surface area contributed by atoms with E-state index in [-0.39, 0.29) is 11.5 Å². The Hall–Kier alpha value is -3.19. The molecule has 1 saturated carbocycles. The SMILES string of the molecule is C=CCOCc1cc(C)cc(C)c1-c1cc(C2CC2)c(F)c([C@H](CC(=O)O)NC(=O)OC(C)(C)C)c1. The maximum Gasteiger partial charge on any atom is 0.408 e. The van der Waals surface area contributed by atoms with Gasteiger partial charge < -0.3 is 19.9 Å². The van der Waals surface area contributed by atoms with Gasteiger partial charge in [0.1, 0.15) is 11.4 Å². The third-order valence-corrected chi connectivity index (χ3v) is 5.93. The van der Waals surface area contributed by atoms with Crippen molar-refractivity contribution in [1.29, 1.82) is 0 Å². The van der Waals surface area contributed by atoms with Crippen LogP contribution in [0.25, 0.3) is 11.1 Å². The number of carbonyl (C=O) groups is 2. The Bertz CT molecular complexity index is 1150. The molecule has 0 radical (unpaired) electrons. The van der Waals surface area contributed by atoms with Crippen LogP contribution in [0.4, 0.5) is 9.18 Å². The van der Waals surface area contributed by atoms with Crippen LogP contribution in [-0.4, -0.2) is 29.4 Å². The molecule has 0 spiro atoms. The molecule has 2 N–H and O–H groups in total. The fourth-order valence-electron chi connectivity index (χ4n) is 4.46. The van der Waals surface area contributed by atoms with Gasteiger partial charge in [-0.1, -0.05) is 23.8 Å². The lowest BCUT2D eigenvalue weighted by atomic mass is 9.88. The molecule has 1 fully saturated rings. The number of carboxylic acid groups (broad SMARTS) is 1. The Labute approximate surface area is 212 Å². The van der Waals surface area contributed by atoms with Gasteiger partial charge >= 0.3 is 12.1 Å². The van der Waals surface area contributed by atoms with Gasteiger partial charge in [-0.2, -0.15) is 0 Å². The van der Waals surface area contributed by atoms with Crippen molar-refractivity contribution in [3.63, 3.8) is 0 Å². The number of halogens is 1. The number of nitrogens with one attached hydrogen (secondary N) is 1. The number of benzene rings is 2. The second-order valence-electron chi connectivity index (χ2n) is 10.5. The fraction of sp³-hybridized carbons (Fsp3) is 0.448. The van der Waals surface area contributed by atoms with Crippen LogP contribution in [0.15, 0.2) is 36.9 Å². The average molecular weight is 498 g/mol. The summed E-state index contributed by atoms with van der Waals surface area (Å²) in [6.07, 6.45) is 2.14. The minimum Gasteiger partial charge on any atom is -0.481 e. The molecule has 36 heavy (non-hydrogen) atoms. The number of carboxylic acids is 1. The van der Waals surface area contributed by atoms with Gasteiger partial charge in [-0.3, -0.25) is 4.79 Å². The molecule has 0 aliphatic heterocycles. The Kier molecular flexibility index (Phi) is 8.56. The number of carbonyl (C=O) groups excluding carboxylic acids is 1. The summed E-state index contributed by atoms with van der Waals surface area (Å²) in [6.45, 7) is 13.6. The maximum absolute atomic E-state index is 15.8. The van der Waals surface area contributed by atoms with Crippen LogP contribution in [0, 0.1) is 19.7 Å². The first-order chi connectivity index (χ1) is 16.9. The standard InChI is InChI=1S/C29H36FNO5/c1-7-10-35-16-21-12-17(2)11-18(3)26(21)20-13-22(19-8-9-19)27(30)23(14-20)24(15-25(32)33)31-28(34)36-29(4,5)6/h7,11-14,19,24H,1,8-10,15-16H2,2-6H3,(H,31,34)(H,32,33)/t24-/m0/s1. The van der Waals surface area contributed by atoms with Crippen molar-refractivity contribution >= 4 is 12.1 Å². The molecule has 1 atom stereocenters. The van der Waals surface area contributed by atoms with Gasteiger partial charge in [0, 0.05) is 5.56 Å². The minimum atomic E-state index is -1.15. The van der Waals surface area contributed by atoms with Crippen LogP contribution in [-0.2, 0) is 20.9 Å². The maximum atomic E-state index is 15.8. The number of aliphatic carboxylic acids is 1. The summed E-state index contributed by atoms with van der Waals surface area (Å²) in [5.41, 5.74) is 4.61. The Morgan fingerprint density at radius 3 is 2.50 bits per heavy atom. The highest BCUT2D eigenvalue weighted by Gasteiger charge is 2.32. The zero-order chi connectivity index (χ0) is 26.6. The predicted octanol–water partition coefficient (Wildman–Crippen LogP) is 6.73. The molecule has 2 aromatic rings. The second kappa shape index (κ2) is 11.2. The summed E-state index contributed by atoms with van der Waals surface area (Å²) in [5, 5.41) is 12.1. The van der Waals surface area contributed by atoms with Crippen molar-refractivity contribution in [3.8, 4) is 11.1 Å². The van der Waals surface area contributed by atoms with E-state index in [4.69, 9.17) is 9.47 Å². The van der Waals surface area contributed by atoms with Crippen LogP contribution in [0.1, 0.15) is 79.8 Å². The van der Waals surface area contributed by atoms with Crippen LogP contribution < -0.4 is 5.32 Å². The molecule has 1 aliphatic carbocycles. The third-order valence-electron chi connectivity index (χ3n) is 5.93. The minimum absolute atomic E-state index is 0.0712. The van der Waals surface area contributed by atoms with Crippen molar-refractivity contribution in [2.75, 3.05) is 6.61 Å². The first-order valence-electron chi connectivity index (χ1n) is 12.2. The van der Waals surface area contributed by atoms with Gasteiger partial charge in [-0.05, 0) is 93.3 Å². The molecular formula is C29H36FNO5. The zero-order valence-electron chi connectivity index (χ0n) is 21.7. The lowest BCUT2D eigenvalue weighted by Crippen LogP contribution is -2.36. The normalized spacial score (nSPS) is 14.3. The molecule has 1 aliphatic rings. The van der Waals surface area contributed by atoms with E-state index in [9.17, 15) is 14.7 Å². The van der Waals surface area contributed by atoms with Crippen molar-refractivity contribution < 1.29 is 28.6 Å². The Morgan fingerprint density at radius 2 is 1.92 bits per heavy atom. The predicted molar refractivity (Wildman–Crippen MR) is 138 cm³/mol. The molecular weight excluding hydrogens is 461 g/mol. The van der Waals surface area contributed by atoms with Gasteiger partial charge in [0.25, 0.3) is 0 Å². The summed E-state index contributed by atoms with van der Waals surface area (Å²) >= 11 is 0. The van der Waals surface area contributed by atoms with Crippen molar-refractivity contribution in [3.05, 3.63) is 70.6 Å². The van der Waals surface area contributed by atoms with E-state index < -0.39 is 35.9 Å². The van der Waals surface area contributed by atoms with Crippen LogP contribution >= 0.6 is 0 Å². The summed E-state index contributed by atoms with van der Waals surface area (Å²) in [6, 6.07) is 6.51. The number of rotatable bonds is 10. The molecule has 3 rings (SSSR count). The highest BCUT2D eigenvalue weighted by Crippen LogP contribution is 2.45. The van der Waals surface area contributed by atoms with E-state index in [1.165, 1.54) is 0 Å². The summed E-state index contributed by atoms with van der Waals surface area (Å²) in [7, 11) is 0. The smallest absolute Gasteiger partial charge is 0.408 e. The molecule has 0 saturated heterocycles. The van der Waals surface area contributed by atoms with Gasteiger partial charge in [0.05, 0.1) is 25.7 Å². The molecule has 7 heteroatoms. The molecule has 0 aromatic heterocycles. The number of ether oxygens (including phenoxy) is 2. The van der Waals surface area contributed by atoms with Gasteiger partial charge in [0.2, 0.25) is 0 Å². The lowest BCUT2D eigenvalue weighted by molar-refractivity contribution is -0.137. The van der Waals surface area contributed by atoms with E-state index in [1.807, 2.05) is 26.0 Å². The molecule has 0 bridgehead atoms. The van der Waals surface area contributed by atoms with Gasteiger partial charge in [0.15, 0.2) is 0 Å². The molecule has 1 amide bonds. The number of aryl methyl sites for hydroxylation is 2. The Balaban J connectivity index is 2.14. The first-order valence-corrected chi connectivity index (χ1v) is 12.2. The van der Waals surface area contributed by atoms with E-state index in [2.05, 4.69) is 18.0 Å².